The second kappa shape index (κ2) is 6.97. The van der Waals surface area contributed by atoms with Crippen LogP contribution in [0.5, 0.6) is 5.88 Å². The molecule has 2 aromatic rings. The quantitative estimate of drug-likeness (QED) is 0.576. The first-order valence-electron chi connectivity index (χ1n) is 7.41. The number of oxime groups is 1. The van der Waals surface area contributed by atoms with Gasteiger partial charge < -0.3 is 9.57 Å². The summed E-state index contributed by atoms with van der Waals surface area (Å²) >= 11 is 11.8. The zero-order chi connectivity index (χ0) is 19.0. The predicted molar refractivity (Wildman–Crippen MR) is 95.4 cm³/mol. The number of aromatic nitrogens is 2. The van der Waals surface area contributed by atoms with Gasteiger partial charge in [-0.3, -0.25) is 18.7 Å². The van der Waals surface area contributed by atoms with Gasteiger partial charge in [-0.15, -0.1) is 0 Å². The largest absolute Gasteiger partial charge is 0.460 e. The molecule has 3 rings (SSSR count). The molecule has 0 bridgehead atoms. The van der Waals surface area contributed by atoms with Crippen molar-refractivity contribution in [2.24, 2.45) is 19.3 Å². The van der Waals surface area contributed by atoms with E-state index in [2.05, 4.69) is 5.16 Å². The minimum atomic E-state index is -1.15. The number of benzene rings is 1. The maximum atomic E-state index is 12.4. The Morgan fingerprint density at radius 2 is 1.96 bits per heavy atom. The van der Waals surface area contributed by atoms with Crippen LogP contribution in [0.2, 0.25) is 10.0 Å². The number of carbonyl (C=O) groups is 1. The molecular weight excluding hydrogens is 385 g/mol. The van der Waals surface area contributed by atoms with Crippen molar-refractivity contribution in [2.45, 2.75) is 12.7 Å². The van der Waals surface area contributed by atoms with Crippen LogP contribution in [0.25, 0.3) is 0 Å². The van der Waals surface area contributed by atoms with Gasteiger partial charge in [-0.1, -0.05) is 34.4 Å². The van der Waals surface area contributed by atoms with Crippen LogP contribution in [-0.2, 0) is 25.5 Å². The van der Waals surface area contributed by atoms with Crippen molar-refractivity contribution >= 4 is 35.2 Å². The molecule has 1 atom stereocenters. The number of rotatable bonds is 4. The van der Waals surface area contributed by atoms with Crippen LogP contribution in [0.4, 0.5) is 0 Å². The lowest BCUT2D eigenvalue weighted by Crippen LogP contribution is -2.39. The monoisotopic (exact) mass is 397 g/mol. The van der Waals surface area contributed by atoms with Crippen molar-refractivity contribution in [1.82, 2.24) is 9.13 Å². The van der Waals surface area contributed by atoms with E-state index in [0.29, 0.717) is 15.6 Å². The molecule has 136 valence electrons. The molecule has 0 N–H and O–H groups in total. The summed E-state index contributed by atoms with van der Waals surface area (Å²) in [5, 5.41) is 4.61. The maximum absolute atomic E-state index is 12.4. The van der Waals surface area contributed by atoms with Gasteiger partial charge in [0.05, 0.1) is 6.21 Å². The van der Waals surface area contributed by atoms with E-state index in [4.69, 9.17) is 32.8 Å². The highest BCUT2D eigenvalue weighted by molar-refractivity contribution is 6.35. The van der Waals surface area contributed by atoms with Crippen molar-refractivity contribution in [1.29, 1.82) is 0 Å². The number of carbonyl (C=O) groups excluding carboxylic acids is 1. The van der Waals surface area contributed by atoms with Gasteiger partial charge in [0.25, 0.3) is 5.56 Å². The fourth-order valence-corrected chi connectivity index (χ4v) is 2.90. The number of hydrogen-bond donors (Lipinski definition) is 0. The Labute approximate surface area is 157 Å². The maximum Gasteiger partial charge on any atom is 0.333 e. The van der Waals surface area contributed by atoms with Crippen LogP contribution >= 0.6 is 23.2 Å². The fourth-order valence-electron chi connectivity index (χ4n) is 2.43. The normalized spacial score (nSPS) is 16.0. The number of Topliss-reactive ketones (excluding diaryl/α,β-unsaturated/α-hetero) is 1. The second-order valence-electron chi connectivity index (χ2n) is 5.55. The lowest BCUT2D eigenvalue weighted by atomic mass is 10.1. The van der Waals surface area contributed by atoms with Crippen molar-refractivity contribution in [3.8, 4) is 5.88 Å². The molecule has 0 saturated carbocycles. The third-order valence-corrected chi connectivity index (χ3v) is 4.45. The molecule has 8 nitrogen and oxygen atoms in total. The summed E-state index contributed by atoms with van der Waals surface area (Å²) in [6.45, 7) is 0.0562. The van der Waals surface area contributed by atoms with E-state index in [9.17, 15) is 14.4 Å². The molecule has 1 unspecified atom stereocenters. The summed E-state index contributed by atoms with van der Waals surface area (Å²) < 4.78 is 7.33. The average Bonchev–Trinajstić information content (AvgIpc) is 2.93. The Kier molecular flexibility index (Phi) is 4.88. The topological polar surface area (TPSA) is 91.9 Å². The van der Waals surface area contributed by atoms with Crippen molar-refractivity contribution in [3.05, 3.63) is 60.2 Å². The van der Waals surface area contributed by atoms with Gasteiger partial charge in [-0.05, 0) is 12.1 Å². The third-order valence-electron chi connectivity index (χ3n) is 3.86. The first kappa shape index (κ1) is 18.2. The molecule has 10 heteroatoms. The van der Waals surface area contributed by atoms with Gasteiger partial charge in [-0.25, -0.2) is 4.79 Å². The van der Waals surface area contributed by atoms with Crippen molar-refractivity contribution in [3.63, 3.8) is 0 Å². The van der Waals surface area contributed by atoms with Crippen LogP contribution in [0.15, 0.2) is 32.9 Å². The number of halogens is 2. The highest BCUT2D eigenvalue weighted by atomic mass is 35.5. The Morgan fingerprint density at radius 1 is 1.23 bits per heavy atom. The molecule has 0 saturated heterocycles. The highest BCUT2D eigenvalue weighted by Gasteiger charge is 2.37. The summed E-state index contributed by atoms with van der Waals surface area (Å²) in [5.74, 6) is -0.673. The standard InChI is InChI=1S/C16H13Cl2N3O5/c1-20-14(23)12-13(22)11(26-15(12)21(2)16(20)24)6-19-25-7-8-3-4-9(17)5-10(8)18/h3-6,11H,7H2,1-2H3/b19-6-. The van der Waals surface area contributed by atoms with Crippen molar-refractivity contribution < 1.29 is 14.4 Å². The lowest BCUT2D eigenvalue weighted by molar-refractivity contribution is 0.0907. The molecule has 0 aliphatic carbocycles. The van der Waals surface area contributed by atoms with Gasteiger partial charge in [0, 0.05) is 29.7 Å². The van der Waals surface area contributed by atoms with E-state index in [1.54, 1.807) is 18.2 Å². The summed E-state index contributed by atoms with van der Waals surface area (Å²) in [5.41, 5.74) is -0.830. The van der Waals surface area contributed by atoms with Crippen LogP contribution in [0.3, 0.4) is 0 Å². The summed E-state index contributed by atoms with van der Waals surface area (Å²) in [7, 11) is 2.70. The van der Waals surface area contributed by atoms with E-state index >= 15 is 0 Å². The number of ketones is 1. The summed E-state index contributed by atoms with van der Waals surface area (Å²) in [6, 6.07) is 4.92. The Balaban J connectivity index is 1.74. The molecule has 1 aliphatic heterocycles. The SMILES string of the molecule is Cn1c2c(c(=O)n(C)c1=O)C(=O)C(/C=N\OCc1ccc(Cl)cc1Cl)O2. The molecule has 0 amide bonds. The highest BCUT2D eigenvalue weighted by Crippen LogP contribution is 2.24. The summed E-state index contributed by atoms with van der Waals surface area (Å²) in [6.07, 6.45) is -0.0258. The first-order valence-corrected chi connectivity index (χ1v) is 8.17. The van der Waals surface area contributed by atoms with Crippen LogP contribution in [0.1, 0.15) is 15.9 Å². The van der Waals surface area contributed by atoms with Gasteiger partial charge in [0.1, 0.15) is 12.2 Å². The van der Waals surface area contributed by atoms with Gasteiger partial charge >= 0.3 is 5.69 Å². The Hall–Kier alpha value is -2.58. The number of ether oxygens (including phenoxy) is 1. The summed E-state index contributed by atoms with van der Waals surface area (Å²) in [4.78, 5) is 41.5. The molecule has 2 heterocycles. The van der Waals surface area contributed by atoms with Gasteiger partial charge in [0.15, 0.2) is 0 Å². The molecule has 0 spiro atoms. The second-order valence-corrected chi connectivity index (χ2v) is 6.40. The predicted octanol–water partition coefficient (Wildman–Crippen LogP) is 1.54. The van der Waals surface area contributed by atoms with Crippen LogP contribution in [0, 0.1) is 0 Å². The van der Waals surface area contributed by atoms with E-state index in [1.807, 2.05) is 0 Å². The third kappa shape index (κ3) is 3.13. The van der Waals surface area contributed by atoms with E-state index in [1.165, 1.54) is 14.1 Å². The zero-order valence-electron chi connectivity index (χ0n) is 13.7. The molecular formula is C16H13Cl2N3O5. The molecule has 1 aliphatic rings. The van der Waals surface area contributed by atoms with E-state index < -0.39 is 23.1 Å². The molecule has 1 aromatic heterocycles. The van der Waals surface area contributed by atoms with Gasteiger partial charge in [0.2, 0.25) is 17.8 Å². The van der Waals surface area contributed by atoms with Crippen LogP contribution in [-0.4, -0.2) is 27.2 Å². The number of fused-ring (bicyclic) bond motifs is 1. The molecule has 26 heavy (non-hydrogen) atoms. The zero-order valence-corrected chi connectivity index (χ0v) is 15.2. The number of nitrogens with zero attached hydrogens (tertiary/aromatic N) is 3. The Morgan fingerprint density at radius 3 is 2.65 bits per heavy atom. The van der Waals surface area contributed by atoms with Gasteiger partial charge in [-0.2, -0.15) is 0 Å². The smallest absolute Gasteiger partial charge is 0.333 e. The molecule has 1 aromatic carbocycles. The van der Waals surface area contributed by atoms with Crippen LogP contribution < -0.4 is 16.0 Å². The Bertz CT molecular complexity index is 1040. The van der Waals surface area contributed by atoms with E-state index in [-0.39, 0.29) is 18.1 Å². The molecule has 0 fully saturated rings. The minimum absolute atomic E-state index is 0.0562. The fraction of sp³-hybridized carbons (Fsp3) is 0.250. The minimum Gasteiger partial charge on any atom is -0.460 e. The average molecular weight is 398 g/mol. The lowest BCUT2D eigenvalue weighted by Gasteiger charge is -2.07. The number of hydrogen-bond acceptors (Lipinski definition) is 6. The molecule has 0 radical (unpaired) electrons. The van der Waals surface area contributed by atoms with E-state index in [0.717, 1.165) is 15.3 Å². The first-order chi connectivity index (χ1) is 12.3. The van der Waals surface area contributed by atoms with Crippen molar-refractivity contribution in [2.75, 3.05) is 0 Å².